The number of nitrogens with one attached hydrogen (secondary N) is 1. The van der Waals surface area contributed by atoms with Crippen molar-refractivity contribution in [3.8, 4) is 0 Å². The summed E-state index contributed by atoms with van der Waals surface area (Å²) < 4.78 is 0. The number of carbonyl (C=O) groups is 1. The minimum atomic E-state index is 0.192. The molecule has 0 atom stereocenters. The van der Waals surface area contributed by atoms with Crippen LogP contribution in [0.5, 0.6) is 0 Å². The summed E-state index contributed by atoms with van der Waals surface area (Å²) in [6, 6.07) is 6.68. The summed E-state index contributed by atoms with van der Waals surface area (Å²) in [5.74, 6) is 0.192. The Labute approximate surface area is 120 Å². The molecule has 108 valence electrons. The number of hydrogen-bond donors (Lipinski definition) is 1. The van der Waals surface area contributed by atoms with E-state index in [1.165, 1.54) is 11.3 Å². The fourth-order valence-electron chi connectivity index (χ4n) is 3.21. The van der Waals surface area contributed by atoms with E-state index in [1.807, 2.05) is 17.0 Å². The number of nitrogens with zero attached hydrogens (tertiary/aromatic N) is 2. The maximum atomic E-state index is 12.6. The molecular weight excluding hydrogens is 250 g/mol. The average Bonchev–Trinajstić information content (AvgIpc) is 2.94. The van der Waals surface area contributed by atoms with Crippen molar-refractivity contribution < 1.29 is 4.79 Å². The molecule has 20 heavy (non-hydrogen) atoms. The molecule has 0 aliphatic carbocycles. The third kappa shape index (κ3) is 2.52. The molecule has 0 radical (unpaired) electrons. The van der Waals surface area contributed by atoms with Crippen LogP contribution >= 0.6 is 0 Å². The lowest BCUT2D eigenvalue weighted by Crippen LogP contribution is -2.44. The highest BCUT2D eigenvalue weighted by atomic mass is 16.2. The Bertz CT molecular complexity index is 504. The van der Waals surface area contributed by atoms with E-state index in [-0.39, 0.29) is 5.91 Å². The molecule has 1 amide bonds. The number of piperidine rings is 1. The van der Waals surface area contributed by atoms with E-state index >= 15 is 0 Å². The van der Waals surface area contributed by atoms with Gasteiger partial charge in [-0.2, -0.15) is 0 Å². The quantitative estimate of drug-likeness (QED) is 0.893. The summed E-state index contributed by atoms with van der Waals surface area (Å²) in [5, 5.41) is 3.33. The van der Waals surface area contributed by atoms with Gasteiger partial charge in [0.25, 0.3) is 5.91 Å². The van der Waals surface area contributed by atoms with Gasteiger partial charge in [-0.15, -0.1) is 0 Å². The van der Waals surface area contributed by atoms with Gasteiger partial charge in [-0.1, -0.05) is 0 Å². The lowest BCUT2D eigenvalue weighted by Gasteiger charge is -2.35. The highest BCUT2D eigenvalue weighted by Gasteiger charge is 2.25. The van der Waals surface area contributed by atoms with Crippen molar-refractivity contribution in [1.29, 1.82) is 0 Å². The molecule has 2 aliphatic heterocycles. The molecule has 1 aromatic carbocycles. The number of likely N-dealkylation sites (tertiary alicyclic amines) is 1. The SMILES string of the molecule is CN(C)C1CCN(C(=O)c2ccc3c(c2)CCN3)CC1. The fraction of sp³-hybridized carbons (Fsp3) is 0.562. The summed E-state index contributed by atoms with van der Waals surface area (Å²) in [5.41, 5.74) is 3.31. The predicted octanol–water partition coefficient (Wildman–Crippen LogP) is 1.82. The topological polar surface area (TPSA) is 35.6 Å². The minimum absolute atomic E-state index is 0.192. The van der Waals surface area contributed by atoms with Crippen LogP contribution in [0.1, 0.15) is 28.8 Å². The van der Waals surface area contributed by atoms with Crippen molar-refractivity contribution in [2.75, 3.05) is 39.0 Å². The van der Waals surface area contributed by atoms with Crippen LogP contribution in [0, 0.1) is 0 Å². The van der Waals surface area contributed by atoms with Gasteiger partial charge in [0.15, 0.2) is 0 Å². The minimum Gasteiger partial charge on any atom is -0.384 e. The standard InChI is InChI=1S/C16H23N3O/c1-18(2)14-6-9-19(10-7-14)16(20)13-3-4-15-12(11-13)5-8-17-15/h3-4,11,14,17H,5-10H2,1-2H3. The highest BCUT2D eigenvalue weighted by Crippen LogP contribution is 2.24. The molecule has 0 spiro atoms. The Hall–Kier alpha value is -1.55. The zero-order chi connectivity index (χ0) is 14.1. The van der Waals surface area contributed by atoms with E-state index in [4.69, 9.17) is 0 Å². The molecule has 4 heteroatoms. The molecule has 4 nitrogen and oxygen atoms in total. The number of anilines is 1. The molecule has 1 N–H and O–H groups in total. The van der Waals surface area contributed by atoms with Crippen LogP contribution in [0.15, 0.2) is 18.2 Å². The number of amides is 1. The van der Waals surface area contributed by atoms with Crippen molar-refractivity contribution >= 4 is 11.6 Å². The first-order valence-electron chi connectivity index (χ1n) is 7.47. The van der Waals surface area contributed by atoms with Crippen molar-refractivity contribution in [2.45, 2.75) is 25.3 Å². The van der Waals surface area contributed by atoms with E-state index in [0.29, 0.717) is 6.04 Å². The highest BCUT2D eigenvalue weighted by molar-refractivity contribution is 5.95. The molecule has 0 bridgehead atoms. The second-order valence-electron chi connectivity index (χ2n) is 6.04. The Morgan fingerprint density at radius 2 is 2.05 bits per heavy atom. The summed E-state index contributed by atoms with van der Waals surface area (Å²) in [6.07, 6.45) is 3.18. The molecule has 3 rings (SSSR count). The van der Waals surface area contributed by atoms with Gasteiger partial charge in [-0.25, -0.2) is 0 Å². The second kappa shape index (κ2) is 5.44. The second-order valence-corrected chi connectivity index (χ2v) is 6.04. The van der Waals surface area contributed by atoms with E-state index in [0.717, 1.165) is 44.5 Å². The molecule has 0 saturated carbocycles. The molecule has 1 fully saturated rings. The van der Waals surface area contributed by atoms with Crippen LogP contribution in [-0.2, 0) is 6.42 Å². The number of rotatable bonds is 2. The first-order chi connectivity index (χ1) is 9.65. The van der Waals surface area contributed by atoms with Crippen LogP contribution in [-0.4, -0.2) is 55.5 Å². The Balaban J connectivity index is 1.68. The van der Waals surface area contributed by atoms with Crippen molar-refractivity contribution in [2.24, 2.45) is 0 Å². The Kier molecular flexibility index (Phi) is 3.66. The van der Waals surface area contributed by atoms with Gasteiger partial charge in [-0.05, 0) is 57.1 Å². The lowest BCUT2D eigenvalue weighted by molar-refractivity contribution is 0.0663. The number of hydrogen-bond acceptors (Lipinski definition) is 3. The van der Waals surface area contributed by atoms with Crippen LogP contribution in [0.25, 0.3) is 0 Å². The molecule has 1 aromatic rings. The maximum Gasteiger partial charge on any atom is 0.253 e. The summed E-state index contributed by atoms with van der Waals surface area (Å²) in [7, 11) is 4.24. The largest absolute Gasteiger partial charge is 0.384 e. The number of carbonyl (C=O) groups excluding carboxylic acids is 1. The number of fused-ring (bicyclic) bond motifs is 1. The third-order valence-corrected chi connectivity index (χ3v) is 4.54. The molecule has 0 aromatic heterocycles. The zero-order valence-corrected chi connectivity index (χ0v) is 12.4. The molecule has 0 unspecified atom stereocenters. The maximum absolute atomic E-state index is 12.6. The van der Waals surface area contributed by atoms with Crippen LogP contribution in [0.4, 0.5) is 5.69 Å². The fourth-order valence-corrected chi connectivity index (χ4v) is 3.21. The summed E-state index contributed by atoms with van der Waals surface area (Å²) >= 11 is 0. The van der Waals surface area contributed by atoms with Gasteiger partial charge in [-0.3, -0.25) is 4.79 Å². The van der Waals surface area contributed by atoms with Gasteiger partial charge in [0, 0.05) is 36.9 Å². The van der Waals surface area contributed by atoms with Crippen molar-refractivity contribution in [1.82, 2.24) is 9.80 Å². The zero-order valence-electron chi connectivity index (χ0n) is 12.4. The third-order valence-electron chi connectivity index (χ3n) is 4.54. The van der Waals surface area contributed by atoms with Crippen molar-refractivity contribution in [3.05, 3.63) is 29.3 Å². The van der Waals surface area contributed by atoms with Crippen LogP contribution in [0.3, 0.4) is 0 Å². The molecular formula is C16H23N3O. The summed E-state index contributed by atoms with van der Waals surface area (Å²) in [4.78, 5) is 16.8. The van der Waals surface area contributed by atoms with Gasteiger partial charge in [0.1, 0.15) is 0 Å². The summed E-state index contributed by atoms with van der Waals surface area (Å²) in [6.45, 7) is 2.73. The van der Waals surface area contributed by atoms with E-state index in [2.05, 4.69) is 30.4 Å². The van der Waals surface area contributed by atoms with Gasteiger partial charge >= 0.3 is 0 Å². The molecule has 2 heterocycles. The first kappa shape index (κ1) is 13.4. The monoisotopic (exact) mass is 273 g/mol. The number of benzene rings is 1. The molecule has 2 aliphatic rings. The van der Waals surface area contributed by atoms with Crippen LogP contribution < -0.4 is 5.32 Å². The Morgan fingerprint density at radius 3 is 2.75 bits per heavy atom. The van der Waals surface area contributed by atoms with Gasteiger partial charge < -0.3 is 15.1 Å². The lowest BCUT2D eigenvalue weighted by atomic mass is 10.0. The van der Waals surface area contributed by atoms with E-state index in [9.17, 15) is 4.79 Å². The van der Waals surface area contributed by atoms with Gasteiger partial charge in [0.05, 0.1) is 0 Å². The first-order valence-corrected chi connectivity index (χ1v) is 7.47. The van der Waals surface area contributed by atoms with Crippen LogP contribution in [0.2, 0.25) is 0 Å². The van der Waals surface area contributed by atoms with E-state index in [1.54, 1.807) is 0 Å². The smallest absolute Gasteiger partial charge is 0.253 e. The van der Waals surface area contributed by atoms with Crippen molar-refractivity contribution in [3.63, 3.8) is 0 Å². The predicted molar refractivity (Wildman–Crippen MR) is 81.2 cm³/mol. The average molecular weight is 273 g/mol. The van der Waals surface area contributed by atoms with E-state index < -0.39 is 0 Å². The normalized spacial score (nSPS) is 19.1. The van der Waals surface area contributed by atoms with Gasteiger partial charge in [0.2, 0.25) is 0 Å². The Morgan fingerprint density at radius 1 is 1.30 bits per heavy atom. The molecule has 1 saturated heterocycles.